The maximum atomic E-state index is 13.7. The summed E-state index contributed by atoms with van der Waals surface area (Å²) >= 11 is 0. The number of ether oxygens (including phenoxy) is 1. The van der Waals surface area contributed by atoms with E-state index in [9.17, 15) is 41.0 Å². The van der Waals surface area contributed by atoms with Gasteiger partial charge < -0.3 is 25.4 Å². The second-order valence-electron chi connectivity index (χ2n) is 11.4. The number of hydrogen-bond donors (Lipinski definition) is 3. The summed E-state index contributed by atoms with van der Waals surface area (Å²) in [5.74, 6) is -0.423. The number of hydrogen-bond acceptors (Lipinski definition) is 5. The van der Waals surface area contributed by atoms with E-state index in [0.717, 1.165) is 36.4 Å². The monoisotopic (exact) mass is 652 g/mol. The summed E-state index contributed by atoms with van der Waals surface area (Å²) in [5.41, 5.74) is -0.474. The van der Waals surface area contributed by atoms with Gasteiger partial charge in [-0.1, -0.05) is 19.1 Å². The van der Waals surface area contributed by atoms with Gasteiger partial charge in [0, 0.05) is 36.9 Å². The summed E-state index contributed by atoms with van der Waals surface area (Å²) in [6, 6.07) is 11.9. The Bertz CT molecular complexity index is 1510. The van der Waals surface area contributed by atoms with Crippen molar-refractivity contribution in [2.45, 2.75) is 44.9 Å². The summed E-state index contributed by atoms with van der Waals surface area (Å²) in [6.07, 6.45) is -9.42. The molecule has 0 saturated heterocycles. The van der Waals surface area contributed by atoms with Gasteiger partial charge in [-0.25, -0.2) is 4.79 Å². The van der Waals surface area contributed by atoms with E-state index in [1.165, 1.54) is 35.2 Å². The molecule has 3 aromatic rings. The molecule has 1 heterocycles. The number of aliphatic hydroxyl groups excluding tert-OH is 1. The zero-order valence-corrected chi connectivity index (χ0v) is 25.2. The number of rotatable bonds is 8. The Morgan fingerprint density at radius 2 is 1.50 bits per heavy atom. The van der Waals surface area contributed by atoms with Crippen LogP contribution in [-0.2, 0) is 18.9 Å². The van der Waals surface area contributed by atoms with Crippen molar-refractivity contribution in [3.63, 3.8) is 0 Å². The topological polar surface area (TPSA) is 94.1 Å². The lowest BCUT2D eigenvalue weighted by atomic mass is 9.99. The van der Waals surface area contributed by atoms with Gasteiger partial charge in [-0.2, -0.15) is 26.3 Å². The average Bonchev–Trinajstić information content (AvgIpc) is 2.98. The van der Waals surface area contributed by atoms with Gasteiger partial charge >= 0.3 is 18.4 Å². The first-order valence-corrected chi connectivity index (χ1v) is 14.4. The van der Waals surface area contributed by atoms with E-state index in [0.29, 0.717) is 18.7 Å². The van der Waals surface area contributed by atoms with Crippen molar-refractivity contribution in [3.05, 3.63) is 89.0 Å². The van der Waals surface area contributed by atoms with Crippen LogP contribution in [0.4, 0.5) is 42.5 Å². The molecule has 0 unspecified atom stereocenters. The highest BCUT2D eigenvalue weighted by Gasteiger charge is 2.34. The summed E-state index contributed by atoms with van der Waals surface area (Å²) in [7, 11) is 1.80. The SMILES string of the molecule is C[C@@H]1CN([C@H](C)CO)C(=O)c2cc(NC(=O)Nc3ccc(C(F)(F)F)cc3)ccc2O[C@H]1CN(C)Cc1ccc(C(F)(F)F)cc1. The first-order chi connectivity index (χ1) is 21.5. The number of halogens is 6. The molecule has 1 aliphatic heterocycles. The molecular formula is C32H34F6N4O4. The minimum absolute atomic E-state index is 0.120. The zero-order chi connectivity index (χ0) is 33.8. The van der Waals surface area contributed by atoms with E-state index in [-0.39, 0.29) is 41.8 Å². The van der Waals surface area contributed by atoms with Crippen molar-refractivity contribution in [1.82, 2.24) is 9.80 Å². The van der Waals surface area contributed by atoms with E-state index in [2.05, 4.69) is 10.6 Å². The molecule has 46 heavy (non-hydrogen) atoms. The molecule has 1 aliphatic rings. The van der Waals surface area contributed by atoms with Gasteiger partial charge in [0.1, 0.15) is 11.9 Å². The second kappa shape index (κ2) is 14.0. The van der Waals surface area contributed by atoms with Gasteiger partial charge in [0.2, 0.25) is 0 Å². The number of alkyl halides is 6. The lowest BCUT2D eigenvalue weighted by molar-refractivity contribution is -0.138. The third kappa shape index (κ3) is 8.69. The zero-order valence-electron chi connectivity index (χ0n) is 25.2. The molecule has 3 atom stereocenters. The maximum Gasteiger partial charge on any atom is 0.416 e. The van der Waals surface area contributed by atoms with Crippen LogP contribution in [0.25, 0.3) is 0 Å². The largest absolute Gasteiger partial charge is 0.488 e. The molecule has 3 N–H and O–H groups in total. The minimum Gasteiger partial charge on any atom is -0.488 e. The van der Waals surface area contributed by atoms with Crippen LogP contribution >= 0.6 is 0 Å². The molecule has 3 aromatic carbocycles. The third-order valence-electron chi connectivity index (χ3n) is 7.62. The smallest absolute Gasteiger partial charge is 0.416 e. The van der Waals surface area contributed by atoms with E-state index in [1.54, 1.807) is 14.0 Å². The molecule has 0 bridgehead atoms. The molecule has 0 fully saturated rings. The Morgan fingerprint density at radius 3 is 2.07 bits per heavy atom. The van der Waals surface area contributed by atoms with Crippen LogP contribution in [0.2, 0.25) is 0 Å². The van der Waals surface area contributed by atoms with Crippen molar-refractivity contribution in [1.29, 1.82) is 0 Å². The Labute approximate surface area is 261 Å². The lowest BCUT2D eigenvalue weighted by Gasteiger charge is -2.38. The molecule has 0 radical (unpaired) electrons. The molecule has 3 amide bonds. The van der Waals surface area contributed by atoms with Crippen LogP contribution in [0.3, 0.4) is 0 Å². The van der Waals surface area contributed by atoms with Crippen LogP contribution in [0.5, 0.6) is 5.75 Å². The molecule has 0 saturated carbocycles. The van der Waals surface area contributed by atoms with Crippen LogP contribution in [-0.4, -0.2) is 65.7 Å². The number of carbonyl (C=O) groups is 2. The van der Waals surface area contributed by atoms with Gasteiger partial charge in [0.25, 0.3) is 5.91 Å². The van der Waals surface area contributed by atoms with Crippen molar-refractivity contribution in [3.8, 4) is 5.75 Å². The number of carbonyl (C=O) groups excluding carboxylic acids is 2. The van der Waals surface area contributed by atoms with Gasteiger partial charge in [-0.15, -0.1) is 0 Å². The van der Waals surface area contributed by atoms with Gasteiger partial charge in [0.15, 0.2) is 0 Å². The highest BCUT2D eigenvalue weighted by Crippen LogP contribution is 2.33. The summed E-state index contributed by atoms with van der Waals surface area (Å²) in [6.45, 7) is 4.20. The van der Waals surface area contributed by atoms with Crippen molar-refractivity contribution < 1.29 is 45.8 Å². The summed E-state index contributed by atoms with van der Waals surface area (Å²) in [4.78, 5) is 29.7. The number of anilines is 2. The number of urea groups is 1. The number of benzene rings is 3. The quantitative estimate of drug-likeness (QED) is 0.235. The molecule has 4 rings (SSSR count). The Hall–Kier alpha value is -4.30. The van der Waals surface area contributed by atoms with Crippen LogP contribution in [0.1, 0.15) is 40.9 Å². The summed E-state index contributed by atoms with van der Waals surface area (Å²) in [5, 5.41) is 14.9. The van der Waals surface area contributed by atoms with E-state index in [4.69, 9.17) is 4.74 Å². The fourth-order valence-electron chi connectivity index (χ4n) is 5.04. The average molecular weight is 653 g/mol. The predicted octanol–water partition coefficient (Wildman–Crippen LogP) is 6.72. The molecule has 0 aromatic heterocycles. The summed E-state index contributed by atoms with van der Waals surface area (Å²) < 4.78 is 83.8. The fourth-order valence-corrected chi connectivity index (χ4v) is 5.04. The Balaban J connectivity index is 1.51. The first-order valence-electron chi connectivity index (χ1n) is 14.4. The lowest BCUT2D eigenvalue weighted by Crippen LogP contribution is -2.49. The number of fused-ring (bicyclic) bond motifs is 1. The molecule has 248 valence electrons. The van der Waals surface area contributed by atoms with Crippen LogP contribution in [0.15, 0.2) is 66.7 Å². The van der Waals surface area contributed by atoms with Gasteiger partial charge in [-0.05, 0) is 74.1 Å². The predicted molar refractivity (Wildman–Crippen MR) is 159 cm³/mol. The fraction of sp³-hybridized carbons (Fsp3) is 0.375. The first kappa shape index (κ1) is 34.6. The normalized spacial score (nSPS) is 17.9. The van der Waals surface area contributed by atoms with E-state index in [1.807, 2.05) is 11.8 Å². The standard InChI is InChI=1S/C32H34F6N4O4/c1-19-15-42(20(2)18-43)29(44)26-14-25(40-30(45)39-24-10-8-23(9-11-24)32(36,37)38)12-13-27(26)46-28(19)17-41(3)16-21-4-6-22(7-5-21)31(33,34)35/h4-14,19-20,28,43H,15-18H2,1-3H3,(H2,39,40,45)/t19-,20-,28+/m1/s1. The van der Waals surface area contributed by atoms with E-state index < -0.39 is 47.6 Å². The molecule has 14 heteroatoms. The number of amides is 3. The highest BCUT2D eigenvalue weighted by atomic mass is 19.4. The van der Waals surface area contributed by atoms with Crippen LogP contribution < -0.4 is 15.4 Å². The van der Waals surface area contributed by atoms with E-state index >= 15 is 0 Å². The third-order valence-corrected chi connectivity index (χ3v) is 7.62. The van der Waals surface area contributed by atoms with Gasteiger partial charge in [-0.3, -0.25) is 9.69 Å². The second-order valence-corrected chi connectivity index (χ2v) is 11.4. The number of nitrogens with zero attached hydrogens (tertiary/aromatic N) is 2. The highest BCUT2D eigenvalue weighted by molar-refractivity contribution is 6.02. The van der Waals surface area contributed by atoms with Crippen molar-refractivity contribution in [2.24, 2.45) is 5.92 Å². The van der Waals surface area contributed by atoms with Crippen molar-refractivity contribution >= 4 is 23.3 Å². The Morgan fingerprint density at radius 1 is 0.957 bits per heavy atom. The minimum atomic E-state index is -4.52. The Kier molecular flexibility index (Phi) is 10.5. The molecule has 0 spiro atoms. The van der Waals surface area contributed by atoms with Gasteiger partial charge in [0.05, 0.1) is 29.3 Å². The molecule has 8 nitrogen and oxygen atoms in total. The number of aliphatic hydroxyl groups is 1. The number of likely N-dealkylation sites (N-methyl/N-ethyl adjacent to an activating group) is 1. The van der Waals surface area contributed by atoms with Crippen molar-refractivity contribution in [2.75, 3.05) is 37.4 Å². The maximum absolute atomic E-state index is 13.7. The molecule has 0 aliphatic carbocycles. The molecular weight excluding hydrogens is 618 g/mol. The van der Waals surface area contributed by atoms with Crippen LogP contribution in [0, 0.1) is 5.92 Å². The number of nitrogens with one attached hydrogen (secondary N) is 2.